The van der Waals surface area contributed by atoms with Gasteiger partial charge in [0.1, 0.15) is 11.6 Å². The van der Waals surface area contributed by atoms with Crippen molar-refractivity contribution in [3.05, 3.63) is 83.4 Å². The molecule has 0 saturated heterocycles. The standard InChI is InChI=1S/C29H36F2N2/c1-20(2)8-7-9-22-12-14-23(15-13-22)19-33-29(24-10-5-4-6-11-24)28(21(3)32-33)26-17-16-25(30)18-27(26)31/h4-6,10-11,16-18,22-23,28-29H,1,7-9,12-15,19H2,2-3H3. The lowest BCUT2D eigenvalue weighted by atomic mass is 9.79. The van der Waals surface area contributed by atoms with E-state index in [0.717, 1.165) is 36.2 Å². The predicted molar refractivity (Wildman–Crippen MR) is 132 cm³/mol. The Labute approximate surface area is 197 Å². The summed E-state index contributed by atoms with van der Waals surface area (Å²) < 4.78 is 28.4. The van der Waals surface area contributed by atoms with Gasteiger partial charge in [-0.2, -0.15) is 5.10 Å². The van der Waals surface area contributed by atoms with Gasteiger partial charge in [0.05, 0.1) is 12.0 Å². The summed E-state index contributed by atoms with van der Waals surface area (Å²) >= 11 is 0. The van der Waals surface area contributed by atoms with Crippen molar-refractivity contribution in [2.75, 3.05) is 6.54 Å². The molecule has 1 saturated carbocycles. The second-order valence-corrected chi connectivity index (χ2v) is 10.1. The fourth-order valence-electron chi connectivity index (χ4n) is 5.71. The molecule has 0 spiro atoms. The second kappa shape index (κ2) is 10.6. The summed E-state index contributed by atoms with van der Waals surface area (Å²) in [6, 6.07) is 14.1. The maximum absolute atomic E-state index is 14.8. The first-order chi connectivity index (χ1) is 15.9. The van der Waals surface area contributed by atoms with Crippen molar-refractivity contribution in [1.29, 1.82) is 0 Å². The first-order valence-corrected chi connectivity index (χ1v) is 12.4. The highest BCUT2D eigenvalue weighted by Gasteiger charge is 2.39. The SMILES string of the molecule is C=C(C)CCCC1CCC(CN2N=C(C)C(c3ccc(F)cc3F)C2c2ccccc2)CC1. The molecule has 0 aromatic heterocycles. The molecule has 176 valence electrons. The molecule has 2 nitrogen and oxygen atoms in total. The topological polar surface area (TPSA) is 15.6 Å². The lowest BCUT2D eigenvalue weighted by molar-refractivity contribution is 0.148. The molecule has 4 rings (SSSR count). The van der Waals surface area contributed by atoms with Gasteiger partial charge < -0.3 is 0 Å². The molecule has 0 bridgehead atoms. The summed E-state index contributed by atoms with van der Waals surface area (Å²) in [5.41, 5.74) is 3.82. The lowest BCUT2D eigenvalue weighted by Crippen LogP contribution is -2.31. The Morgan fingerprint density at radius 1 is 1.03 bits per heavy atom. The highest BCUT2D eigenvalue weighted by Crippen LogP contribution is 2.44. The number of benzene rings is 2. The van der Waals surface area contributed by atoms with Gasteiger partial charge in [-0.15, -0.1) is 6.58 Å². The Morgan fingerprint density at radius 2 is 1.73 bits per heavy atom. The third-order valence-corrected chi connectivity index (χ3v) is 7.44. The third-order valence-electron chi connectivity index (χ3n) is 7.44. The maximum atomic E-state index is 14.8. The molecule has 0 N–H and O–H groups in total. The van der Waals surface area contributed by atoms with E-state index >= 15 is 0 Å². The zero-order valence-electron chi connectivity index (χ0n) is 19.9. The largest absolute Gasteiger partial charge is 0.288 e. The van der Waals surface area contributed by atoms with Crippen LogP contribution in [0.4, 0.5) is 8.78 Å². The molecule has 1 aliphatic carbocycles. The summed E-state index contributed by atoms with van der Waals surface area (Å²) in [5.74, 6) is 0.174. The van der Waals surface area contributed by atoms with E-state index < -0.39 is 11.6 Å². The van der Waals surface area contributed by atoms with Gasteiger partial charge in [0.25, 0.3) is 0 Å². The van der Waals surface area contributed by atoms with E-state index in [0.29, 0.717) is 11.5 Å². The van der Waals surface area contributed by atoms with Gasteiger partial charge in [-0.25, -0.2) is 8.78 Å². The van der Waals surface area contributed by atoms with E-state index in [1.807, 2.05) is 25.1 Å². The van der Waals surface area contributed by atoms with Crippen LogP contribution >= 0.6 is 0 Å². The molecule has 0 amide bonds. The minimum atomic E-state index is -0.544. The quantitative estimate of drug-likeness (QED) is 0.372. The number of allylic oxidation sites excluding steroid dienone is 1. The van der Waals surface area contributed by atoms with Crippen LogP contribution < -0.4 is 0 Å². The van der Waals surface area contributed by atoms with Gasteiger partial charge in [0.15, 0.2) is 0 Å². The summed E-state index contributed by atoms with van der Waals surface area (Å²) in [5, 5.41) is 7.11. The van der Waals surface area contributed by atoms with Gasteiger partial charge in [0.2, 0.25) is 0 Å². The van der Waals surface area contributed by atoms with Crippen LogP contribution in [0, 0.1) is 23.5 Å². The average Bonchev–Trinajstić information content (AvgIpc) is 3.10. The zero-order valence-corrected chi connectivity index (χ0v) is 19.9. The number of hydrogen-bond acceptors (Lipinski definition) is 2. The lowest BCUT2D eigenvalue weighted by Gasteiger charge is -2.35. The molecule has 2 atom stereocenters. The number of rotatable bonds is 8. The molecule has 2 unspecified atom stereocenters. The Balaban J connectivity index is 1.48. The number of hydrazone groups is 1. The van der Waals surface area contributed by atoms with Crippen LogP contribution in [0.15, 0.2) is 65.8 Å². The van der Waals surface area contributed by atoms with Crippen molar-refractivity contribution in [1.82, 2.24) is 5.01 Å². The van der Waals surface area contributed by atoms with E-state index in [1.165, 1.54) is 50.2 Å². The first-order valence-electron chi connectivity index (χ1n) is 12.4. The summed E-state index contributed by atoms with van der Waals surface area (Å²) in [6.07, 6.45) is 8.70. The number of hydrogen-bond donors (Lipinski definition) is 0. The molecule has 1 fully saturated rings. The molecule has 2 aromatic rings. The normalized spacial score (nSPS) is 25.2. The summed E-state index contributed by atoms with van der Waals surface area (Å²) in [7, 11) is 0. The van der Waals surface area contributed by atoms with Crippen molar-refractivity contribution < 1.29 is 8.78 Å². The first kappa shape index (κ1) is 23.7. The fourth-order valence-corrected chi connectivity index (χ4v) is 5.71. The summed E-state index contributed by atoms with van der Waals surface area (Å²) in [4.78, 5) is 0. The van der Waals surface area contributed by atoms with Crippen molar-refractivity contribution in [3.63, 3.8) is 0 Å². The number of halogens is 2. The van der Waals surface area contributed by atoms with Crippen molar-refractivity contribution in [2.45, 2.75) is 70.8 Å². The van der Waals surface area contributed by atoms with Crippen molar-refractivity contribution >= 4 is 5.71 Å². The molecule has 2 aliphatic rings. The number of nitrogens with zero attached hydrogens (tertiary/aromatic N) is 2. The van der Waals surface area contributed by atoms with Crippen molar-refractivity contribution in [3.8, 4) is 0 Å². The van der Waals surface area contributed by atoms with Crippen LogP contribution in [0.3, 0.4) is 0 Å². The zero-order chi connectivity index (χ0) is 23.4. The molecule has 2 aromatic carbocycles. The second-order valence-electron chi connectivity index (χ2n) is 10.1. The molecule has 4 heteroatoms. The Hall–Kier alpha value is -2.49. The van der Waals surface area contributed by atoms with E-state index in [1.54, 1.807) is 6.07 Å². The van der Waals surface area contributed by atoms with Gasteiger partial charge >= 0.3 is 0 Å². The summed E-state index contributed by atoms with van der Waals surface area (Å²) in [6.45, 7) is 9.00. The molecular formula is C29H36F2N2. The minimum Gasteiger partial charge on any atom is -0.288 e. The molecule has 33 heavy (non-hydrogen) atoms. The van der Waals surface area contributed by atoms with Gasteiger partial charge in [0, 0.05) is 18.3 Å². The van der Waals surface area contributed by atoms with E-state index in [4.69, 9.17) is 5.10 Å². The smallest absolute Gasteiger partial charge is 0.130 e. The van der Waals surface area contributed by atoms with Gasteiger partial charge in [-0.05, 0) is 68.6 Å². The predicted octanol–water partition coefficient (Wildman–Crippen LogP) is 8.03. The van der Waals surface area contributed by atoms with Gasteiger partial charge in [-0.3, -0.25) is 5.01 Å². The Kier molecular flexibility index (Phi) is 7.62. The van der Waals surface area contributed by atoms with E-state index in [-0.39, 0.29) is 12.0 Å². The molecule has 1 aliphatic heterocycles. The minimum absolute atomic E-state index is 0.0700. The van der Waals surface area contributed by atoms with Crippen molar-refractivity contribution in [2.24, 2.45) is 16.9 Å². The van der Waals surface area contributed by atoms with E-state index in [2.05, 4.69) is 30.6 Å². The van der Waals surface area contributed by atoms with Crippen LogP contribution in [0.25, 0.3) is 0 Å². The van der Waals surface area contributed by atoms with E-state index in [9.17, 15) is 8.78 Å². The average molecular weight is 451 g/mol. The van der Waals surface area contributed by atoms with Crippen LogP contribution in [0.2, 0.25) is 0 Å². The fraction of sp³-hybridized carbons (Fsp3) is 0.483. The highest BCUT2D eigenvalue weighted by molar-refractivity contribution is 5.91. The molecular weight excluding hydrogens is 414 g/mol. The Bertz CT molecular complexity index is 976. The maximum Gasteiger partial charge on any atom is 0.130 e. The van der Waals surface area contributed by atoms with Crippen LogP contribution in [0.1, 0.15) is 81.9 Å². The monoisotopic (exact) mass is 450 g/mol. The third kappa shape index (κ3) is 5.72. The van der Waals surface area contributed by atoms with Gasteiger partial charge in [-0.1, -0.05) is 61.2 Å². The van der Waals surface area contributed by atoms with Crippen LogP contribution in [0.5, 0.6) is 0 Å². The Morgan fingerprint density at radius 3 is 2.39 bits per heavy atom. The van der Waals surface area contributed by atoms with Crippen LogP contribution in [-0.2, 0) is 0 Å². The van der Waals surface area contributed by atoms with Crippen LogP contribution in [-0.4, -0.2) is 17.3 Å². The highest BCUT2D eigenvalue weighted by atomic mass is 19.1. The molecule has 0 radical (unpaired) electrons. The molecule has 1 heterocycles.